The average molecular weight is 575 g/mol. The summed E-state index contributed by atoms with van der Waals surface area (Å²) >= 11 is 0. The van der Waals surface area contributed by atoms with E-state index < -0.39 is 97.7 Å². The van der Waals surface area contributed by atoms with E-state index in [1.165, 1.54) is 11.8 Å². The second kappa shape index (κ2) is 14.8. The van der Waals surface area contributed by atoms with Crippen LogP contribution in [-0.4, -0.2) is 146 Å². The van der Waals surface area contributed by atoms with E-state index in [4.69, 9.17) is 21.1 Å². The van der Waals surface area contributed by atoms with Crippen LogP contribution >= 0.6 is 0 Å². The first-order chi connectivity index (χ1) is 18.9. The lowest BCUT2D eigenvalue weighted by molar-refractivity contribution is -0.146. The van der Waals surface area contributed by atoms with Crippen molar-refractivity contribution in [1.82, 2.24) is 25.8 Å². The fourth-order valence-electron chi connectivity index (χ4n) is 4.65. The minimum absolute atomic E-state index is 0.0677. The third kappa shape index (κ3) is 7.85. The van der Waals surface area contributed by atoms with Gasteiger partial charge in [0.25, 0.3) is 0 Å². The Labute approximate surface area is 229 Å². The van der Waals surface area contributed by atoms with Gasteiger partial charge in [-0.1, -0.05) is 0 Å². The lowest BCUT2D eigenvalue weighted by Gasteiger charge is -2.31. The molecule has 2 saturated heterocycles. The topological polar surface area (TPSA) is 272 Å². The maximum atomic E-state index is 13.1. The van der Waals surface area contributed by atoms with Crippen LogP contribution in [0.3, 0.4) is 0 Å². The first-order valence-electron chi connectivity index (χ1n) is 12.9. The summed E-state index contributed by atoms with van der Waals surface area (Å²) in [6, 6.07) is -8.09. The van der Waals surface area contributed by atoms with Crippen molar-refractivity contribution in [1.29, 1.82) is 0 Å². The van der Waals surface area contributed by atoms with Gasteiger partial charge in [-0.2, -0.15) is 0 Å². The molecule has 0 aromatic rings. The number of aliphatic hydroxyl groups excluding tert-OH is 4. The summed E-state index contributed by atoms with van der Waals surface area (Å²) < 4.78 is 0. The highest BCUT2D eigenvalue weighted by molar-refractivity contribution is 5.97. The number of carboxylic acid groups (broad SMARTS) is 1. The van der Waals surface area contributed by atoms with Gasteiger partial charge in [0.2, 0.25) is 29.5 Å². The Kier molecular flexibility index (Phi) is 12.2. The predicted molar refractivity (Wildman–Crippen MR) is 134 cm³/mol. The highest BCUT2D eigenvalue weighted by Gasteiger charge is 2.41. The summed E-state index contributed by atoms with van der Waals surface area (Å²) in [5.74, 6) is -5.60. The van der Waals surface area contributed by atoms with Crippen LogP contribution in [0.4, 0.5) is 0 Å². The van der Waals surface area contributed by atoms with Gasteiger partial charge < -0.3 is 57.0 Å². The van der Waals surface area contributed by atoms with Gasteiger partial charge in [-0.3, -0.25) is 24.0 Å². The number of aliphatic carboxylic acids is 1. The number of nitrogens with zero attached hydrogens (tertiary/aromatic N) is 2. The van der Waals surface area contributed by atoms with E-state index in [2.05, 4.69) is 16.0 Å². The van der Waals surface area contributed by atoms with Gasteiger partial charge in [0, 0.05) is 13.1 Å². The Morgan fingerprint density at radius 3 is 1.75 bits per heavy atom. The van der Waals surface area contributed by atoms with Crippen LogP contribution < -0.4 is 21.7 Å². The van der Waals surface area contributed by atoms with Crippen LogP contribution in [0.25, 0.3) is 0 Å². The normalized spacial score (nSPS) is 22.6. The largest absolute Gasteiger partial charge is 0.480 e. The average Bonchev–Trinajstić information content (AvgIpc) is 3.61. The Bertz CT molecular complexity index is 964. The van der Waals surface area contributed by atoms with E-state index in [1.807, 2.05) is 0 Å². The number of amides is 5. The second-order valence-corrected chi connectivity index (χ2v) is 9.72. The molecule has 2 aliphatic rings. The number of carboxylic acids is 1. The Balaban J connectivity index is 2.09. The lowest BCUT2D eigenvalue weighted by Crippen LogP contribution is -2.61. The number of likely N-dealkylation sites (tertiary alicyclic amines) is 2. The van der Waals surface area contributed by atoms with Crippen LogP contribution in [0.15, 0.2) is 0 Å². The van der Waals surface area contributed by atoms with E-state index in [0.717, 1.165) is 4.90 Å². The lowest BCUT2D eigenvalue weighted by atomic mass is 10.1. The molecule has 2 fully saturated rings. The maximum Gasteiger partial charge on any atom is 0.328 e. The summed E-state index contributed by atoms with van der Waals surface area (Å²) in [5.41, 5.74) is 5.58. The summed E-state index contributed by atoms with van der Waals surface area (Å²) in [7, 11) is 0. The van der Waals surface area contributed by atoms with Crippen molar-refractivity contribution in [3.63, 3.8) is 0 Å². The van der Waals surface area contributed by atoms with Crippen LogP contribution in [0.2, 0.25) is 0 Å². The number of hydrogen-bond acceptors (Lipinski definition) is 11. The number of nitrogens with two attached hydrogens (primary N) is 1. The van der Waals surface area contributed by atoms with Crippen LogP contribution in [-0.2, 0) is 28.8 Å². The Morgan fingerprint density at radius 2 is 1.30 bits per heavy atom. The molecule has 0 spiro atoms. The van der Waals surface area contributed by atoms with Gasteiger partial charge >= 0.3 is 5.97 Å². The molecule has 226 valence electrons. The number of rotatable bonds is 13. The Hall–Kier alpha value is -3.38. The van der Waals surface area contributed by atoms with Crippen molar-refractivity contribution >= 4 is 35.5 Å². The van der Waals surface area contributed by atoms with Crippen molar-refractivity contribution in [2.75, 3.05) is 32.9 Å². The molecule has 10 N–H and O–H groups in total. The zero-order valence-corrected chi connectivity index (χ0v) is 22.1. The van der Waals surface area contributed by atoms with Gasteiger partial charge in [0.1, 0.15) is 36.3 Å². The first-order valence-corrected chi connectivity index (χ1v) is 12.9. The molecule has 0 saturated carbocycles. The monoisotopic (exact) mass is 574 g/mol. The van der Waals surface area contributed by atoms with Gasteiger partial charge in [0.15, 0.2) is 0 Å². The second-order valence-electron chi connectivity index (χ2n) is 9.72. The zero-order valence-electron chi connectivity index (χ0n) is 22.1. The summed E-state index contributed by atoms with van der Waals surface area (Å²) in [6.45, 7) is -0.912. The first kappa shape index (κ1) is 32.8. The molecule has 0 unspecified atom stereocenters. The van der Waals surface area contributed by atoms with Crippen molar-refractivity contribution < 1.29 is 54.3 Å². The third-order valence-corrected chi connectivity index (χ3v) is 6.85. The molecule has 2 rings (SSSR count). The van der Waals surface area contributed by atoms with Crippen LogP contribution in [0, 0.1) is 0 Å². The molecular weight excluding hydrogens is 536 g/mol. The van der Waals surface area contributed by atoms with Gasteiger partial charge in [-0.15, -0.1) is 0 Å². The Morgan fingerprint density at radius 1 is 0.800 bits per heavy atom. The van der Waals surface area contributed by atoms with Crippen molar-refractivity contribution in [2.45, 2.75) is 75.0 Å². The molecule has 0 bridgehead atoms. The molecule has 5 amide bonds. The van der Waals surface area contributed by atoms with Crippen molar-refractivity contribution in [3.05, 3.63) is 0 Å². The number of carbonyl (C=O) groups is 6. The number of aliphatic hydroxyl groups is 4. The third-order valence-electron chi connectivity index (χ3n) is 6.85. The minimum atomic E-state index is -1.59. The fourth-order valence-corrected chi connectivity index (χ4v) is 4.65. The number of carbonyl (C=O) groups excluding carboxylic acids is 5. The number of nitrogens with one attached hydrogen (secondary N) is 3. The molecule has 2 aliphatic heterocycles. The summed E-state index contributed by atoms with van der Waals surface area (Å²) in [4.78, 5) is 77.4. The standard InChI is InChI=1S/C23H38N6O11/c1-11(33)17(27-19(35)16-5-2-6-28(16)21(37)12(24)8-30)20(36)25-13(9-31)22(38)29-7-3-4-15(29)18(34)26-14(10-32)23(39)40/h11-17,30-33H,2-10,24H2,1H3,(H,25,36)(H,26,34)(H,27,35)(H,39,40)/t11-,12+,13+,14+,15+,16+,17+/m1/s1. The number of hydrogen-bond donors (Lipinski definition) is 9. The van der Waals surface area contributed by atoms with E-state index in [9.17, 15) is 39.0 Å². The molecule has 0 aromatic heterocycles. The molecule has 0 aliphatic carbocycles. The molecule has 0 radical (unpaired) electrons. The minimum Gasteiger partial charge on any atom is -0.480 e. The van der Waals surface area contributed by atoms with Crippen LogP contribution in [0.5, 0.6) is 0 Å². The van der Waals surface area contributed by atoms with E-state index in [1.54, 1.807) is 0 Å². The van der Waals surface area contributed by atoms with Gasteiger partial charge in [-0.25, -0.2) is 4.79 Å². The van der Waals surface area contributed by atoms with Crippen molar-refractivity contribution in [3.8, 4) is 0 Å². The molecule has 7 atom stereocenters. The molecule has 2 heterocycles. The highest BCUT2D eigenvalue weighted by atomic mass is 16.4. The maximum absolute atomic E-state index is 13.1. The molecule has 17 heteroatoms. The van der Waals surface area contributed by atoms with E-state index in [0.29, 0.717) is 12.8 Å². The van der Waals surface area contributed by atoms with Crippen LogP contribution in [0.1, 0.15) is 32.6 Å². The zero-order chi connectivity index (χ0) is 30.1. The summed E-state index contributed by atoms with van der Waals surface area (Å²) in [6.07, 6.45) is -0.204. The molecule has 0 aromatic carbocycles. The summed E-state index contributed by atoms with van der Waals surface area (Å²) in [5, 5.41) is 54.1. The smallest absolute Gasteiger partial charge is 0.328 e. The van der Waals surface area contributed by atoms with E-state index >= 15 is 0 Å². The fraction of sp³-hybridized carbons (Fsp3) is 0.739. The molecule has 40 heavy (non-hydrogen) atoms. The predicted octanol–water partition coefficient (Wildman–Crippen LogP) is -5.81. The van der Waals surface area contributed by atoms with Gasteiger partial charge in [-0.05, 0) is 32.6 Å². The van der Waals surface area contributed by atoms with Gasteiger partial charge in [0.05, 0.1) is 25.9 Å². The SMILES string of the molecule is C[C@@H](O)[C@H](NC(=O)[C@@H]1CCCN1C(=O)[C@@H](N)CO)C(=O)N[C@@H](CO)C(=O)N1CCC[C@H]1C(=O)N[C@@H](CO)C(=O)O. The highest BCUT2D eigenvalue weighted by Crippen LogP contribution is 2.20. The molecule has 17 nitrogen and oxygen atoms in total. The molecular formula is C23H38N6O11. The quantitative estimate of drug-likeness (QED) is 0.0995. The van der Waals surface area contributed by atoms with Crippen molar-refractivity contribution in [2.24, 2.45) is 5.73 Å². The van der Waals surface area contributed by atoms with E-state index in [-0.39, 0.29) is 25.9 Å².